The summed E-state index contributed by atoms with van der Waals surface area (Å²) < 4.78 is 52.3. The van der Waals surface area contributed by atoms with Crippen molar-refractivity contribution in [3.05, 3.63) is 72.1 Å². The monoisotopic (exact) mass is 573 g/mol. The van der Waals surface area contributed by atoms with Crippen LogP contribution in [0.25, 0.3) is 27.0 Å². The average molecular weight is 573 g/mol. The molecule has 166 valence electrons. The van der Waals surface area contributed by atoms with Gasteiger partial charge in [0.25, 0.3) is 5.56 Å². The predicted molar refractivity (Wildman–Crippen MR) is 125 cm³/mol. The second-order valence-corrected chi connectivity index (χ2v) is 9.02. The molecule has 0 aliphatic heterocycles. The minimum atomic E-state index is -4.82. The molecule has 0 atom stereocenters. The molecule has 4 rings (SSSR count). The molecule has 0 aliphatic rings. The lowest BCUT2D eigenvalue weighted by atomic mass is 10.0. The highest BCUT2D eigenvalue weighted by Gasteiger charge is 2.35. The summed E-state index contributed by atoms with van der Waals surface area (Å²) in [4.78, 5) is 25.1. The van der Waals surface area contributed by atoms with Crippen molar-refractivity contribution in [2.45, 2.75) is 13.1 Å². The first-order valence-corrected chi connectivity index (χ1v) is 11.0. The predicted octanol–water partition coefficient (Wildman–Crippen LogP) is 4.75. The number of fused-ring (bicyclic) bond motifs is 1. The van der Waals surface area contributed by atoms with E-state index in [2.05, 4.69) is 27.0 Å². The summed E-state index contributed by atoms with van der Waals surface area (Å²) in [6.45, 7) is 1.93. The maximum absolute atomic E-state index is 13.2. The maximum Gasteiger partial charge on any atom is 0.431 e. The zero-order valence-corrected chi connectivity index (χ0v) is 19.9. The van der Waals surface area contributed by atoms with Gasteiger partial charge in [-0.2, -0.15) is 17.5 Å². The van der Waals surface area contributed by atoms with E-state index in [1.54, 1.807) is 19.2 Å². The van der Waals surface area contributed by atoms with Crippen molar-refractivity contribution < 1.29 is 17.9 Å². The van der Waals surface area contributed by atoms with Crippen LogP contribution in [0.2, 0.25) is 0 Å². The zero-order valence-electron chi connectivity index (χ0n) is 17.0. The highest BCUT2D eigenvalue weighted by atomic mass is 127. The molecule has 32 heavy (non-hydrogen) atoms. The lowest BCUT2D eigenvalue weighted by molar-refractivity contribution is -0.144. The minimum absolute atomic E-state index is 0.160. The summed E-state index contributed by atoms with van der Waals surface area (Å²) in [5.74, 6) is 0.686. The number of aromatic nitrogens is 3. The first-order valence-electron chi connectivity index (χ1n) is 9.17. The van der Waals surface area contributed by atoms with Crippen molar-refractivity contribution >= 4 is 44.2 Å². The SMILES string of the molecule is COc1cc(-c2nsc3ccc(-n4c(=O)cc(C(F)(F)F)n(C)c4=O)cc23)c(I)cc1C. The van der Waals surface area contributed by atoms with Gasteiger partial charge in [-0.3, -0.25) is 9.36 Å². The highest BCUT2D eigenvalue weighted by Crippen LogP contribution is 2.37. The highest BCUT2D eigenvalue weighted by molar-refractivity contribution is 14.1. The van der Waals surface area contributed by atoms with Crippen LogP contribution in [0.5, 0.6) is 5.75 Å². The molecule has 0 amide bonds. The summed E-state index contributed by atoms with van der Waals surface area (Å²) in [5.41, 5.74) is -0.885. The number of rotatable bonds is 3. The van der Waals surface area contributed by atoms with Gasteiger partial charge in [0.05, 0.1) is 23.2 Å². The third kappa shape index (κ3) is 3.72. The van der Waals surface area contributed by atoms with Gasteiger partial charge in [0.2, 0.25) is 0 Å². The topological polar surface area (TPSA) is 66.1 Å². The fourth-order valence-electron chi connectivity index (χ4n) is 3.45. The lowest BCUT2D eigenvalue weighted by Gasteiger charge is -2.14. The number of methoxy groups -OCH3 is 1. The van der Waals surface area contributed by atoms with E-state index >= 15 is 0 Å². The molecule has 0 saturated heterocycles. The molecule has 11 heteroatoms. The molecule has 0 spiro atoms. The van der Waals surface area contributed by atoms with Crippen LogP contribution in [0.15, 0.2) is 46.0 Å². The second-order valence-electron chi connectivity index (χ2n) is 7.06. The largest absolute Gasteiger partial charge is 0.496 e. The fourth-order valence-corrected chi connectivity index (χ4v) is 5.10. The second kappa shape index (κ2) is 8.03. The van der Waals surface area contributed by atoms with E-state index in [0.29, 0.717) is 27.5 Å². The molecule has 0 aliphatic carbocycles. The Morgan fingerprint density at radius 3 is 2.50 bits per heavy atom. The van der Waals surface area contributed by atoms with E-state index in [0.717, 1.165) is 31.0 Å². The molecule has 2 aromatic carbocycles. The number of hydrogen-bond donors (Lipinski definition) is 0. The average Bonchev–Trinajstić information content (AvgIpc) is 3.13. The Kier molecular flexibility index (Phi) is 5.65. The molecular weight excluding hydrogens is 558 g/mol. The summed E-state index contributed by atoms with van der Waals surface area (Å²) in [7, 11) is 2.56. The van der Waals surface area contributed by atoms with Gasteiger partial charge in [0.15, 0.2) is 0 Å². The Hall–Kier alpha value is -2.67. The van der Waals surface area contributed by atoms with Gasteiger partial charge < -0.3 is 4.74 Å². The van der Waals surface area contributed by atoms with E-state index in [1.165, 1.54) is 17.6 Å². The Morgan fingerprint density at radius 2 is 1.84 bits per heavy atom. The Balaban J connectivity index is 1.95. The minimum Gasteiger partial charge on any atom is -0.496 e. The van der Waals surface area contributed by atoms with Crippen LogP contribution in [0.1, 0.15) is 11.3 Å². The van der Waals surface area contributed by atoms with E-state index in [-0.39, 0.29) is 5.69 Å². The number of benzene rings is 2. The van der Waals surface area contributed by atoms with Crippen molar-refractivity contribution in [2.75, 3.05) is 7.11 Å². The van der Waals surface area contributed by atoms with Gasteiger partial charge in [-0.15, -0.1) is 0 Å². The third-order valence-electron chi connectivity index (χ3n) is 5.06. The molecular formula is C21H15F3IN3O3S. The third-order valence-corrected chi connectivity index (χ3v) is 6.78. The van der Waals surface area contributed by atoms with E-state index in [1.807, 2.05) is 19.1 Å². The number of aryl methyl sites for hydroxylation is 1. The molecule has 0 bridgehead atoms. The van der Waals surface area contributed by atoms with Crippen molar-refractivity contribution in [3.8, 4) is 22.7 Å². The number of ether oxygens (including phenoxy) is 1. The summed E-state index contributed by atoms with van der Waals surface area (Å²) in [5, 5.41) is 0.671. The maximum atomic E-state index is 13.2. The number of hydrogen-bond acceptors (Lipinski definition) is 5. The Bertz CT molecular complexity index is 1490. The van der Waals surface area contributed by atoms with Crippen molar-refractivity contribution in [1.29, 1.82) is 0 Å². The smallest absolute Gasteiger partial charge is 0.431 e. The van der Waals surface area contributed by atoms with E-state index in [9.17, 15) is 22.8 Å². The van der Waals surface area contributed by atoms with Gasteiger partial charge in [-0.05, 0) is 76.9 Å². The van der Waals surface area contributed by atoms with Gasteiger partial charge in [-0.25, -0.2) is 9.36 Å². The first-order chi connectivity index (χ1) is 15.0. The van der Waals surface area contributed by atoms with Crippen LogP contribution in [0.3, 0.4) is 0 Å². The molecule has 0 fully saturated rings. The molecule has 2 heterocycles. The standard InChI is InChI=1S/C21H15F3IN3O3S/c1-10-6-14(25)12(8-15(10)31-3)19-13-7-11(4-5-16(13)32-26-19)28-18(29)9-17(21(22,23)24)27(2)20(28)30/h4-9H,1-3H3. The van der Waals surface area contributed by atoms with Crippen molar-refractivity contribution in [1.82, 2.24) is 13.5 Å². The van der Waals surface area contributed by atoms with Gasteiger partial charge in [0.1, 0.15) is 11.4 Å². The summed E-state index contributed by atoms with van der Waals surface area (Å²) in [6.07, 6.45) is -4.82. The summed E-state index contributed by atoms with van der Waals surface area (Å²) in [6, 6.07) is 9.04. The van der Waals surface area contributed by atoms with Crippen LogP contribution >= 0.6 is 34.1 Å². The van der Waals surface area contributed by atoms with E-state index < -0.39 is 23.1 Å². The van der Waals surface area contributed by atoms with E-state index in [4.69, 9.17) is 4.74 Å². The number of nitrogens with zero attached hydrogens (tertiary/aromatic N) is 3. The molecule has 0 unspecified atom stereocenters. The molecule has 4 aromatic rings. The van der Waals surface area contributed by atoms with Gasteiger partial charge in [0, 0.05) is 27.6 Å². The molecule has 0 saturated carbocycles. The van der Waals surface area contributed by atoms with Crippen LogP contribution in [0.4, 0.5) is 13.2 Å². The zero-order chi connectivity index (χ0) is 23.4. The van der Waals surface area contributed by atoms with Gasteiger partial charge in [-0.1, -0.05) is 0 Å². The van der Waals surface area contributed by atoms with Gasteiger partial charge >= 0.3 is 11.9 Å². The Labute approximate surface area is 197 Å². The molecule has 6 nitrogen and oxygen atoms in total. The lowest BCUT2D eigenvalue weighted by Crippen LogP contribution is -2.40. The van der Waals surface area contributed by atoms with Crippen LogP contribution < -0.4 is 16.0 Å². The van der Waals surface area contributed by atoms with Crippen molar-refractivity contribution in [3.63, 3.8) is 0 Å². The quantitative estimate of drug-likeness (QED) is 0.332. The molecule has 0 N–H and O–H groups in total. The Morgan fingerprint density at radius 1 is 1.12 bits per heavy atom. The van der Waals surface area contributed by atoms with Crippen LogP contribution in [-0.2, 0) is 13.2 Å². The number of halogens is 4. The van der Waals surface area contributed by atoms with Crippen LogP contribution in [0, 0.1) is 10.5 Å². The molecule has 2 aromatic heterocycles. The summed E-state index contributed by atoms with van der Waals surface area (Å²) >= 11 is 3.44. The van der Waals surface area contributed by atoms with Crippen LogP contribution in [-0.4, -0.2) is 20.6 Å². The first kappa shape index (κ1) is 22.5. The molecule has 0 radical (unpaired) electrons. The normalized spacial score (nSPS) is 11.8. The fraction of sp³-hybridized carbons (Fsp3) is 0.190. The number of alkyl halides is 3. The van der Waals surface area contributed by atoms with Crippen molar-refractivity contribution in [2.24, 2.45) is 7.05 Å².